The molecule has 4 rings (SSSR count). The summed E-state index contributed by atoms with van der Waals surface area (Å²) in [6, 6.07) is 10.2. The van der Waals surface area contributed by atoms with Gasteiger partial charge >= 0.3 is 0 Å². The molecule has 3 heterocycles. The molecule has 0 saturated carbocycles. The molecule has 1 unspecified atom stereocenters. The van der Waals surface area contributed by atoms with Crippen LogP contribution in [0.25, 0.3) is 22.3 Å². The summed E-state index contributed by atoms with van der Waals surface area (Å²) in [5.74, 6) is 1.33. The molecule has 21 heavy (non-hydrogen) atoms. The fraction of sp³-hybridized carbons (Fsp3) is 0.312. The lowest BCUT2D eigenvalue weighted by Gasteiger charge is -2.19. The average molecular weight is 280 g/mol. The molecule has 3 aromatic rings. The van der Waals surface area contributed by atoms with Gasteiger partial charge in [0.2, 0.25) is 11.7 Å². The van der Waals surface area contributed by atoms with Crippen LogP contribution in [0.4, 0.5) is 0 Å². The van der Waals surface area contributed by atoms with E-state index < -0.39 is 0 Å². The lowest BCUT2D eigenvalue weighted by Crippen LogP contribution is -2.26. The molecule has 1 aromatic carbocycles. The smallest absolute Gasteiger partial charge is 0.244 e. The quantitative estimate of drug-likeness (QED) is 0.781. The third-order valence-corrected chi connectivity index (χ3v) is 3.91. The Morgan fingerprint density at radius 2 is 2.19 bits per heavy atom. The summed E-state index contributed by atoms with van der Waals surface area (Å²) < 4.78 is 5.43. The number of nitrogens with zero attached hydrogens (tertiary/aromatic N) is 3. The predicted octanol–water partition coefficient (Wildman–Crippen LogP) is 3.10. The molecule has 0 bridgehead atoms. The van der Waals surface area contributed by atoms with Crippen molar-refractivity contribution in [2.45, 2.75) is 25.3 Å². The van der Waals surface area contributed by atoms with Crippen molar-refractivity contribution in [1.29, 1.82) is 0 Å². The van der Waals surface area contributed by atoms with Gasteiger partial charge in [-0.25, -0.2) is 0 Å². The summed E-state index contributed by atoms with van der Waals surface area (Å²) in [7, 11) is 0. The van der Waals surface area contributed by atoms with Crippen LogP contribution < -0.4 is 5.32 Å². The highest BCUT2D eigenvalue weighted by molar-refractivity contribution is 5.82. The van der Waals surface area contributed by atoms with Crippen LogP contribution in [-0.4, -0.2) is 21.7 Å². The van der Waals surface area contributed by atoms with Crippen molar-refractivity contribution in [3.8, 4) is 11.4 Å². The van der Waals surface area contributed by atoms with E-state index in [9.17, 15) is 0 Å². The summed E-state index contributed by atoms with van der Waals surface area (Å²) in [6.45, 7) is 1.02. The largest absolute Gasteiger partial charge is 0.337 e. The van der Waals surface area contributed by atoms with Gasteiger partial charge in [0.1, 0.15) is 0 Å². The van der Waals surface area contributed by atoms with E-state index in [0.29, 0.717) is 11.7 Å². The molecule has 0 aliphatic carbocycles. The van der Waals surface area contributed by atoms with Gasteiger partial charge in [-0.05, 0) is 43.7 Å². The SMILES string of the molecule is c1cnc2ccc(-c3noc(C4CCCCN4)n3)cc2c1. The Labute approximate surface area is 122 Å². The number of fused-ring (bicyclic) bond motifs is 1. The highest BCUT2D eigenvalue weighted by Crippen LogP contribution is 2.25. The average Bonchev–Trinajstić information content (AvgIpc) is 3.05. The second-order valence-electron chi connectivity index (χ2n) is 5.37. The van der Waals surface area contributed by atoms with Crippen LogP contribution in [0.1, 0.15) is 31.2 Å². The second kappa shape index (κ2) is 5.26. The zero-order valence-electron chi connectivity index (χ0n) is 11.6. The summed E-state index contributed by atoms with van der Waals surface area (Å²) in [5.41, 5.74) is 1.93. The van der Waals surface area contributed by atoms with Crippen molar-refractivity contribution in [3.05, 3.63) is 42.4 Å². The van der Waals surface area contributed by atoms with Crippen LogP contribution in [0.3, 0.4) is 0 Å². The minimum absolute atomic E-state index is 0.196. The van der Waals surface area contributed by atoms with Gasteiger partial charge in [-0.15, -0.1) is 0 Å². The molecule has 1 fully saturated rings. The molecule has 1 N–H and O–H groups in total. The third kappa shape index (κ3) is 2.40. The maximum atomic E-state index is 5.43. The summed E-state index contributed by atoms with van der Waals surface area (Å²) in [6.07, 6.45) is 5.28. The molecule has 106 valence electrons. The Balaban J connectivity index is 1.67. The molecule has 1 atom stereocenters. The van der Waals surface area contributed by atoms with E-state index in [4.69, 9.17) is 4.52 Å². The molecule has 0 amide bonds. The number of aromatic nitrogens is 3. The van der Waals surface area contributed by atoms with Crippen molar-refractivity contribution >= 4 is 10.9 Å². The van der Waals surface area contributed by atoms with Crippen LogP contribution in [0, 0.1) is 0 Å². The highest BCUT2D eigenvalue weighted by Gasteiger charge is 2.21. The van der Waals surface area contributed by atoms with E-state index in [-0.39, 0.29) is 6.04 Å². The number of piperidine rings is 1. The molecule has 1 aliphatic rings. The van der Waals surface area contributed by atoms with E-state index in [1.807, 2.05) is 30.3 Å². The highest BCUT2D eigenvalue weighted by atomic mass is 16.5. The minimum Gasteiger partial charge on any atom is -0.337 e. The van der Waals surface area contributed by atoms with Crippen LogP contribution in [0.15, 0.2) is 41.1 Å². The lowest BCUT2D eigenvalue weighted by molar-refractivity contribution is 0.297. The summed E-state index contributed by atoms with van der Waals surface area (Å²) >= 11 is 0. The predicted molar refractivity (Wildman–Crippen MR) is 79.6 cm³/mol. The molecular formula is C16H16N4O. The zero-order valence-corrected chi connectivity index (χ0v) is 11.6. The summed E-state index contributed by atoms with van der Waals surface area (Å²) in [4.78, 5) is 8.87. The second-order valence-corrected chi connectivity index (χ2v) is 5.37. The molecule has 1 saturated heterocycles. The van der Waals surface area contributed by atoms with Gasteiger partial charge in [0, 0.05) is 17.1 Å². The minimum atomic E-state index is 0.196. The van der Waals surface area contributed by atoms with E-state index in [2.05, 4.69) is 20.4 Å². The van der Waals surface area contributed by atoms with Crippen LogP contribution in [0.5, 0.6) is 0 Å². The van der Waals surface area contributed by atoms with E-state index in [1.165, 1.54) is 12.8 Å². The van der Waals surface area contributed by atoms with E-state index in [0.717, 1.165) is 29.4 Å². The monoisotopic (exact) mass is 280 g/mol. The summed E-state index contributed by atoms with van der Waals surface area (Å²) in [5, 5.41) is 8.63. The first-order valence-electron chi connectivity index (χ1n) is 7.32. The molecule has 2 aromatic heterocycles. The maximum absolute atomic E-state index is 5.43. The first-order chi connectivity index (χ1) is 10.4. The van der Waals surface area contributed by atoms with Crippen LogP contribution in [0.2, 0.25) is 0 Å². The van der Waals surface area contributed by atoms with Crippen molar-refractivity contribution in [1.82, 2.24) is 20.4 Å². The van der Waals surface area contributed by atoms with Gasteiger partial charge in [0.15, 0.2) is 0 Å². The Hall–Kier alpha value is -2.27. The Kier molecular flexibility index (Phi) is 3.12. The zero-order chi connectivity index (χ0) is 14.1. The van der Waals surface area contributed by atoms with Gasteiger partial charge in [-0.1, -0.05) is 17.6 Å². The van der Waals surface area contributed by atoms with Crippen LogP contribution >= 0.6 is 0 Å². The third-order valence-electron chi connectivity index (χ3n) is 3.91. The number of rotatable bonds is 2. The van der Waals surface area contributed by atoms with E-state index in [1.54, 1.807) is 6.20 Å². The standard InChI is InChI=1S/C16H16N4O/c1-2-8-18-14(5-1)16-19-15(20-21-16)12-6-7-13-11(10-12)4-3-9-17-13/h3-4,6-7,9-10,14,18H,1-2,5,8H2. The van der Waals surface area contributed by atoms with Gasteiger partial charge < -0.3 is 9.84 Å². The molecule has 0 spiro atoms. The first-order valence-corrected chi connectivity index (χ1v) is 7.32. The van der Waals surface area contributed by atoms with Gasteiger partial charge in [-0.3, -0.25) is 4.98 Å². The van der Waals surface area contributed by atoms with Crippen LogP contribution in [-0.2, 0) is 0 Å². The van der Waals surface area contributed by atoms with Crippen molar-refractivity contribution in [3.63, 3.8) is 0 Å². The fourth-order valence-electron chi connectivity index (χ4n) is 2.77. The number of hydrogen-bond acceptors (Lipinski definition) is 5. The van der Waals surface area contributed by atoms with Crippen molar-refractivity contribution < 1.29 is 4.52 Å². The Bertz CT molecular complexity index is 762. The molecule has 5 heteroatoms. The fourth-order valence-corrected chi connectivity index (χ4v) is 2.77. The topological polar surface area (TPSA) is 63.8 Å². The van der Waals surface area contributed by atoms with Gasteiger partial charge in [0.25, 0.3) is 0 Å². The van der Waals surface area contributed by atoms with Gasteiger partial charge in [0.05, 0.1) is 11.6 Å². The molecule has 0 radical (unpaired) electrons. The van der Waals surface area contributed by atoms with Crippen molar-refractivity contribution in [2.75, 3.05) is 6.54 Å². The number of nitrogens with one attached hydrogen (secondary N) is 1. The van der Waals surface area contributed by atoms with E-state index >= 15 is 0 Å². The lowest BCUT2D eigenvalue weighted by atomic mass is 10.1. The van der Waals surface area contributed by atoms with Crippen molar-refractivity contribution in [2.24, 2.45) is 0 Å². The Morgan fingerprint density at radius 1 is 1.19 bits per heavy atom. The number of pyridine rings is 1. The molecule has 5 nitrogen and oxygen atoms in total. The molecule has 1 aliphatic heterocycles. The molecular weight excluding hydrogens is 264 g/mol. The number of benzene rings is 1. The van der Waals surface area contributed by atoms with Gasteiger partial charge in [-0.2, -0.15) is 4.98 Å². The Morgan fingerprint density at radius 3 is 3.10 bits per heavy atom. The normalized spacial score (nSPS) is 19.0. The number of hydrogen-bond donors (Lipinski definition) is 1. The maximum Gasteiger partial charge on any atom is 0.244 e. The first kappa shape index (κ1) is 12.5.